The summed E-state index contributed by atoms with van der Waals surface area (Å²) in [4.78, 5) is 20.2. The van der Waals surface area contributed by atoms with Gasteiger partial charge >= 0.3 is 0 Å². The minimum absolute atomic E-state index is 0.0133. The predicted octanol–water partition coefficient (Wildman–Crippen LogP) is 4.26. The van der Waals surface area contributed by atoms with Gasteiger partial charge in [0, 0.05) is 36.1 Å². The molecular formula is C22H21N5O2S2. The van der Waals surface area contributed by atoms with Gasteiger partial charge in [0.15, 0.2) is 0 Å². The minimum Gasteiger partial charge on any atom is -0.385 e. The van der Waals surface area contributed by atoms with E-state index < -0.39 is 5.60 Å². The Hall–Kier alpha value is -2.88. The van der Waals surface area contributed by atoms with Gasteiger partial charge in [0.05, 0.1) is 32.4 Å². The third-order valence-corrected chi connectivity index (χ3v) is 7.33. The highest BCUT2D eigenvalue weighted by molar-refractivity contribution is 8.00. The molecule has 0 aliphatic carbocycles. The zero-order valence-electron chi connectivity index (χ0n) is 16.6. The Kier molecular flexibility index (Phi) is 5.39. The molecule has 0 atom stereocenters. The van der Waals surface area contributed by atoms with Crippen LogP contribution < -0.4 is 4.72 Å². The molecule has 1 fully saturated rings. The van der Waals surface area contributed by atoms with Crippen LogP contribution in [0.25, 0.3) is 10.2 Å². The Labute approximate surface area is 187 Å². The van der Waals surface area contributed by atoms with Gasteiger partial charge in [-0.25, -0.2) is 4.98 Å². The Balaban J connectivity index is 1.20. The monoisotopic (exact) mass is 451 g/mol. The van der Waals surface area contributed by atoms with Crippen molar-refractivity contribution in [3.63, 3.8) is 0 Å². The van der Waals surface area contributed by atoms with Gasteiger partial charge < -0.3 is 14.7 Å². The fourth-order valence-electron chi connectivity index (χ4n) is 3.79. The highest BCUT2D eigenvalue weighted by Crippen LogP contribution is 2.33. The van der Waals surface area contributed by atoms with Crippen molar-refractivity contribution in [2.24, 2.45) is 0 Å². The first kappa shape index (κ1) is 20.0. The number of amides is 1. The molecule has 1 amide bonds. The molecular weight excluding hydrogens is 430 g/mol. The number of piperidine rings is 1. The van der Waals surface area contributed by atoms with E-state index in [1.54, 1.807) is 28.6 Å². The van der Waals surface area contributed by atoms with Crippen molar-refractivity contribution in [3.8, 4) is 0 Å². The van der Waals surface area contributed by atoms with Crippen LogP contribution in [0.1, 0.15) is 28.8 Å². The molecule has 7 nitrogen and oxygen atoms in total. The molecule has 2 aromatic carbocycles. The molecule has 2 aromatic heterocycles. The number of carbonyl (C=O) groups excluding carboxylic acids is 1. The van der Waals surface area contributed by atoms with Gasteiger partial charge in [-0.1, -0.05) is 6.07 Å². The molecule has 0 radical (unpaired) electrons. The number of anilines is 1. The van der Waals surface area contributed by atoms with Crippen molar-refractivity contribution in [2.45, 2.75) is 23.3 Å². The molecule has 5 rings (SSSR count). The van der Waals surface area contributed by atoms with Gasteiger partial charge in [-0.05, 0) is 61.2 Å². The van der Waals surface area contributed by atoms with Gasteiger partial charge in [-0.15, -0.1) is 11.3 Å². The number of aromatic amines is 1. The number of H-pyrrole nitrogens is 1. The summed E-state index contributed by atoms with van der Waals surface area (Å²) in [7, 11) is 0. The summed E-state index contributed by atoms with van der Waals surface area (Å²) in [6, 6.07) is 13.6. The molecule has 0 spiro atoms. The van der Waals surface area contributed by atoms with Crippen LogP contribution in [0, 0.1) is 0 Å². The molecule has 3 N–H and O–H groups in total. The molecule has 3 heterocycles. The van der Waals surface area contributed by atoms with Crippen LogP contribution in [0.2, 0.25) is 0 Å². The average molecular weight is 452 g/mol. The fourth-order valence-corrected chi connectivity index (χ4v) is 5.33. The smallest absolute Gasteiger partial charge is 0.253 e. The summed E-state index contributed by atoms with van der Waals surface area (Å²) in [5.41, 5.74) is 4.27. The van der Waals surface area contributed by atoms with E-state index in [-0.39, 0.29) is 5.91 Å². The highest BCUT2D eigenvalue weighted by Gasteiger charge is 2.36. The Morgan fingerprint density at radius 3 is 2.74 bits per heavy atom. The number of fused-ring (bicyclic) bond motifs is 1. The lowest BCUT2D eigenvalue weighted by molar-refractivity contribution is -0.0211. The number of benzene rings is 2. The Morgan fingerprint density at radius 2 is 2.00 bits per heavy atom. The zero-order chi connectivity index (χ0) is 21.3. The van der Waals surface area contributed by atoms with Crippen molar-refractivity contribution in [1.29, 1.82) is 0 Å². The molecule has 0 unspecified atom stereocenters. The lowest BCUT2D eigenvalue weighted by atomic mass is 9.86. The lowest BCUT2D eigenvalue weighted by Crippen LogP contribution is -2.45. The molecule has 0 saturated carbocycles. The summed E-state index contributed by atoms with van der Waals surface area (Å²) in [6.45, 7) is 1.02. The maximum Gasteiger partial charge on any atom is 0.253 e. The second-order valence-corrected chi connectivity index (χ2v) is 9.28. The molecule has 0 bridgehead atoms. The van der Waals surface area contributed by atoms with Crippen molar-refractivity contribution in [1.82, 2.24) is 20.1 Å². The van der Waals surface area contributed by atoms with Gasteiger partial charge in [0.2, 0.25) is 0 Å². The molecule has 1 saturated heterocycles. The highest BCUT2D eigenvalue weighted by atomic mass is 32.2. The van der Waals surface area contributed by atoms with Crippen LogP contribution in [0.4, 0.5) is 5.69 Å². The first-order chi connectivity index (χ1) is 15.1. The second-order valence-electron chi connectivity index (χ2n) is 7.55. The fraction of sp³-hybridized carbons (Fsp3) is 0.227. The molecule has 1 aliphatic rings. The van der Waals surface area contributed by atoms with E-state index in [2.05, 4.69) is 26.0 Å². The van der Waals surface area contributed by atoms with Crippen LogP contribution in [-0.4, -0.2) is 44.2 Å². The topological polar surface area (TPSA) is 94.1 Å². The third kappa shape index (κ3) is 4.04. The van der Waals surface area contributed by atoms with Gasteiger partial charge in [0.1, 0.15) is 0 Å². The standard InChI is InChI=1S/C22H21N5O2S2/c28-21(27-10-8-22(29,9-11-27)16-12-24-25-13-16)15-4-6-17(7-5-15)26-31-19-3-1-2-18-20(19)23-14-30-18/h1-7,12-14,26,29H,8-11H2,(H,24,25). The van der Waals surface area contributed by atoms with E-state index in [1.165, 1.54) is 11.9 Å². The van der Waals surface area contributed by atoms with Crippen molar-refractivity contribution < 1.29 is 9.90 Å². The van der Waals surface area contributed by atoms with E-state index in [1.807, 2.05) is 41.9 Å². The number of hydrogen-bond donors (Lipinski definition) is 3. The van der Waals surface area contributed by atoms with E-state index in [9.17, 15) is 9.90 Å². The summed E-state index contributed by atoms with van der Waals surface area (Å²) >= 11 is 3.14. The van der Waals surface area contributed by atoms with Crippen LogP contribution in [0.3, 0.4) is 0 Å². The molecule has 158 valence electrons. The maximum atomic E-state index is 12.9. The number of para-hydroxylation sites is 1. The number of nitrogens with zero attached hydrogens (tertiary/aromatic N) is 3. The number of hydrogen-bond acceptors (Lipinski definition) is 7. The SMILES string of the molecule is O=C(c1ccc(NSc2cccc3scnc23)cc1)N1CCC(O)(c2cn[nH]c2)CC1. The summed E-state index contributed by atoms with van der Waals surface area (Å²) in [5, 5.41) is 17.5. The Morgan fingerprint density at radius 1 is 1.19 bits per heavy atom. The summed E-state index contributed by atoms with van der Waals surface area (Å²) in [6.07, 6.45) is 4.36. The quantitative estimate of drug-likeness (QED) is 0.393. The minimum atomic E-state index is -0.922. The van der Waals surface area contributed by atoms with Crippen LogP contribution >= 0.6 is 23.3 Å². The van der Waals surface area contributed by atoms with Crippen molar-refractivity contribution in [2.75, 3.05) is 17.8 Å². The van der Waals surface area contributed by atoms with Crippen LogP contribution in [-0.2, 0) is 5.60 Å². The van der Waals surface area contributed by atoms with E-state index in [4.69, 9.17) is 0 Å². The number of thiazole rings is 1. The van der Waals surface area contributed by atoms with Gasteiger partial charge in [-0.2, -0.15) is 5.10 Å². The second kappa shape index (κ2) is 8.33. The first-order valence-electron chi connectivity index (χ1n) is 9.98. The van der Waals surface area contributed by atoms with E-state index >= 15 is 0 Å². The van der Waals surface area contributed by atoms with Crippen molar-refractivity contribution in [3.05, 3.63) is 71.5 Å². The molecule has 31 heavy (non-hydrogen) atoms. The third-order valence-electron chi connectivity index (χ3n) is 5.65. The van der Waals surface area contributed by atoms with Gasteiger partial charge in [0.25, 0.3) is 5.91 Å². The van der Waals surface area contributed by atoms with E-state index in [0.29, 0.717) is 31.5 Å². The molecule has 4 aromatic rings. The maximum absolute atomic E-state index is 12.9. The number of likely N-dealkylation sites (tertiary alicyclic amines) is 1. The number of carbonyl (C=O) groups is 1. The number of nitrogens with one attached hydrogen (secondary N) is 2. The largest absolute Gasteiger partial charge is 0.385 e. The zero-order valence-corrected chi connectivity index (χ0v) is 18.2. The van der Waals surface area contributed by atoms with E-state index in [0.717, 1.165) is 26.4 Å². The predicted molar refractivity (Wildman–Crippen MR) is 123 cm³/mol. The number of rotatable bonds is 5. The number of aliphatic hydroxyl groups is 1. The summed E-state index contributed by atoms with van der Waals surface area (Å²) in [5.74, 6) is -0.0133. The normalized spacial score (nSPS) is 15.8. The van der Waals surface area contributed by atoms with Crippen LogP contribution in [0.5, 0.6) is 0 Å². The summed E-state index contributed by atoms with van der Waals surface area (Å²) < 4.78 is 4.49. The first-order valence-corrected chi connectivity index (χ1v) is 11.7. The molecule has 1 aliphatic heterocycles. The van der Waals surface area contributed by atoms with Gasteiger partial charge in [-0.3, -0.25) is 9.89 Å². The average Bonchev–Trinajstić information content (AvgIpc) is 3.51. The number of aromatic nitrogens is 3. The Bertz CT molecular complexity index is 1180. The molecule has 9 heteroatoms. The van der Waals surface area contributed by atoms with Crippen LogP contribution in [0.15, 0.2) is 65.3 Å². The van der Waals surface area contributed by atoms with Crippen molar-refractivity contribution >= 4 is 45.1 Å². The lowest BCUT2D eigenvalue weighted by Gasteiger charge is -2.37.